The van der Waals surface area contributed by atoms with Gasteiger partial charge in [0.15, 0.2) is 0 Å². The number of ether oxygens (including phenoxy) is 2. The fourth-order valence-electron chi connectivity index (χ4n) is 2.02. The maximum atomic E-state index is 12.4. The van der Waals surface area contributed by atoms with Crippen LogP contribution in [0, 0.1) is 0 Å². The Morgan fingerprint density at radius 3 is 2.86 bits per heavy atom. The van der Waals surface area contributed by atoms with Gasteiger partial charge in [0.1, 0.15) is 16.8 Å². The summed E-state index contributed by atoms with van der Waals surface area (Å²) in [4.78, 5) is 14.0. The second-order valence-electron chi connectivity index (χ2n) is 4.39. The van der Waals surface area contributed by atoms with Gasteiger partial charge in [0.05, 0.1) is 18.7 Å². The van der Waals surface area contributed by atoms with Crippen molar-refractivity contribution < 1.29 is 23.0 Å². The molecule has 1 aliphatic heterocycles. The summed E-state index contributed by atoms with van der Waals surface area (Å²) in [6.07, 6.45) is -0.527. The van der Waals surface area contributed by atoms with Crippen LogP contribution in [0.2, 0.25) is 0 Å². The summed E-state index contributed by atoms with van der Waals surface area (Å²) in [7, 11) is 0. The lowest BCUT2D eigenvalue weighted by Gasteiger charge is -2.32. The van der Waals surface area contributed by atoms with Crippen LogP contribution >= 0.6 is 12.2 Å². The minimum absolute atomic E-state index is 0.0707. The third-order valence-corrected chi connectivity index (χ3v) is 3.27. The molecular formula is C13H14F2N2O3S. The molecule has 1 aromatic carbocycles. The molecule has 114 valence electrons. The first kappa shape index (κ1) is 15.6. The number of morpholine rings is 1. The lowest BCUT2D eigenvalue weighted by Crippen LogP contribution is -2.50. The monoisotopic (exact) mass is 316 g/mol. The number of alkyl halides is 2. The summed E-state index contributed by atoms with van der Waals surface area (Å²) in [5, 5.41) is 0. The highest BCUT2D eigenvalue weighted by atomic mass is 32.1. The van der Waals surface area contributed by atoms with Crippen molar-refractivity contribution in [3.63, 3.8) is 0 Å². The lowest BCUT2D eigenvalue weighted by atomic mass is 10.1. The van der Waals surface area contributed by atoms with Crippen molar-refractivity contribution >= 4 is 23.1 Å². The summed E-state index contributed by atoms with van der Waals surface area (Å²) >= 11 is 4.85. The molecule has 1 heterocycles. The van der Waals surface area contributed by atoms with E-state index in [1.807, 2.05) is 0 Å². The summed E-state index contributed by atoms with van der Waals surface area (Å²) in [5.74, 6) is -0.577. The largest absolute Gasteiger partial charge is 0.434 e. The van der Waals surface area contributed by atoms with Crippen LogP contribution in [0.5, 0.6) is 5.75 Å². The highest BCUT2D eigenvalue weighted by Crippen LogP contribution is 2.22. The van der Waals surface area contributed by atoms with E-state index in [-0.39, 0.29) is 29.5 Å². The highest BCUT2D eigenvalue weighted by molar-refractivity contribution is 7.80. The van der Waals surface area contributed by atoms with E-state index < -0.39 is 18.6 Å². The van der Waals surface area contributed by atoms with Crippen LogP contribution in [0.15, 0.2) is 24.3 Å². The zero-order chi connectivity index (χ0) is 15.4. The van der Waals surface area contributed by atoms with E-state index in [9.17, 15) is 13.6 Å². The average Bonchev–Trinajstić information content (AvgIpc) is 2.46. The maximum absolute atomic E-state index is 12.4. The first-order chi connectivity index (χ1) is 9.99. The lowest BCUT2D eigenvalue weighted by molar-refractivity contribution is -0.0504. The van der Waals surface area contributed by atoms with Crippen LogP contribution in [-0.2, 0) is 4.74 Å². The van der Waals surface area contributed by atoms with Gasteiger partial charge in [-0.05, 0) is 12.1 Å². The number of thiocarbonyl (C=S) groups is 1. The zero-order valence-electron chi connectivity index (χ0n) is 11.0. The molecule has 0 spiro atoms. The number of halogens is 2. The first-order valence-electron chi connectivity index (χ1n) is 6.23. The highest BCUT2D eigenvalue weighted by Gasteiger charge is 2.28. The van der Waals surface area contributed by atoms with Gasteiger partial charge in [-0.25, -0.2) is 0 Å². The zero-order valence-corrected chi connectivity index (χ0v) is 11.8. The third-order valence-electron chi connectivity index (χ3n) is 3.00. The second kappa shape index (κ2) is 6.77. The van der Waals surface area contributed by atoms with E-state index in [0.717, 1.165) is 0 Å². The van der Waals surface area contributed by atoms with Gasteiger partial charge in [0.2, 0.25) is 0 Å². The quantitative estimate of drug-likeness (QED) is 0.851. The summed E-state index contributed by atoms with van der Waals surface area (Å²) in [6, 6.07) is 5.86. The Morgan fingerprint density at radius 1 is 1.48 bits per heavy atom. The standard InChI is InChI=1S/C13H14F2N2O3S/c14-13(15)20-9-4-2-1-3-8(9)12(18)17-5-6-19-10(7-17)11(16)21/h1-4,10,13H,5-7H2,(H2,16,21). The molecule has 0 bridgehead atoms. The van der Waals surface area contributed by atoms with E-state index in [2.05, 4.69) is 4.74 Å². The van der Waals surface area contributed by atoms with Crippen molar-refractivity contribution in [1.29, 1.82) is 0 Å². The average molecular weight is 316 g/mol. The molecule has 1 aromatic rings. The Labute approximate surface area is 125 Å². The molecule has 0 aliphatic carbocycles. The fourth-order valence-corrected chi connectivity index (χ4v) is 2.16. The van der Waals surface area contributed by atoms with Crippen LogP contribution in [-0.4, -0.2) is 48.2 Å². The number of para-hydroxylation sites is 1. The number of carbonyl (C=O) groups excluding carboxylic acids is 1. The molecule has 21 heavy (non-hydrogen) atoms. The topological polar surface area (TPSA) is 64.8 Å². The van der Waals surface area contributed by atoms with Crippen molar-refractivity contribution in [2.45, 2.75) is 12.7 Å². The van der Waals surface area contributed by atoms with Gasteiger partial charge in [0, 0.05) is 6.54 Å². The van der Waals surface area contributed by atoms with Gasteiger partial charge >= 0.3 is 6.61 Å². The minimum atomic E-state index is -2.99. The molecule has 1 amide bonds. The van der Waals surface area contributed by atoms with Crippen LogP contribution in [0.25, 0.3) is 0 Å². The van der Waals surface area contributed by atoms with Gasteiger partial charge in [0.25, 0.3) is 5.91 Å². The normalized spacial score (nSPS) is 18.6. The molecule has 2 N–H and O–H groups in total. The summed E-state index contributed by atoms with van der Waals surface area (Å²) in [5.41, 5.74) is 5.58. The predicted octanol–water partition coefficient (Wildman–Crippen LogP) is 1.42. The van der Waals surface area contributed by atoms with Crippen molar-refractivity contribution in [3.8, 4) is 5.75 Å². The van der Waals surface area contributed by atoms with Crippen molar-refractivity contribution in [1.82, 2.24) is 4.90 Å². The smallest absolute Gasteiger partial charge is 0.387 e. The number of nitrogens with two attached hydrogens (primary N) is 1. The van der Waals surface area contributed by atoms with E-state index in [4.69, 9.17) is 22.7 Å². The number of amides is 1. The number of nitrogens with zero attached hydrogens (tertiary/aromatic N) is 1. The molecule has 0 radical (unpaired) electrons. The summed E-state index contributed by atoms with van der Waals surface area (Å²) in [6.45, 7) is -2.18. The van der Waals surface area contributed by atoms with Gasteiger partial charge in [-0.3, -0.25) is 4.79 Å². The molecule has 1 aliphatic rings. The maximum Gasteiger partial charge on any atom is 0.387 e. The third kappa shape index (κ3) is 3.85. The Kier molecular flexibility index (Phi) is 5.03. The number of hydrogen-bond donors (Lipinski definition) is 1. The van der Waals surface area contributed by atoms with Gasteiger partial charge < -0.3 is 20.1 Å². The molecule has 1 fully saturated rings. The molecule has 1 atom stereocenters. The molecule has 5 nitrogen and oxygen atoms in total. The predicted molar refractivity (Wildman–Crippen MR) is 75.5 cm³/mol. The summed E-state index contributed by atoms with van der Waals surface area (Å²) < 4.78 is 34.5. The van der Waals surface area contributed by atoms with Crippen LogP contribution in [0.4, 0.5) is 8.78 Å². The van der Waals surface area contributed by atoms with Crippen LogP contribution < -0.4 is 10.5 Å². The Balaban J connectivity index is 2.18. The van der Waals surface area contributed by atoms with Crippen molar-refractivity contribution in [3.05, 3.63) is 29.8 Å². The van der Waals surface area contributed by atoms with Gasteiger partial charge in [-0.2, -0.15) is 8.78 Å². The van der Waals surface area contributed by atoms with Crippen LogP contribution in [0.3, 0.4) is 0 Å². The molecule has 1 saturated heterocycles. The molecule has 1 unspecified atom stereocenters. The van der Waals surface area contributed by atoms with E-state index in [1.54, 1.807) is 6.07 Å². The Hall–Kier alpha value is -1.80. The van der Waals surface area contributed by atoms with Gasteiger partial charge in [-0.15, -0.1) is 0 Å². The fraction of sp³-hybridized carbons (Fsp3) is 0.385. The molecule has 8 heteroatoms. The van der Waals surface area contributed by atoms with Crippen molar-refractivity contribution in [2.75, 3.05) is 19.7 Å². The molecule has 0 aromatic heterocycles. The number of hydrogen-bond acceptors (Lipinski definition) is 4. The van der Waals surface area contributed by atoms with E-state index in [0.29, 0.717) is 6.54 Å². The van der Waals surface area contributed by atoms with E-state index in [1.165, 1.54) is 23.1 Å². The van der Waals surface area contributed by atoms with Gasteiger partial charge in [-0.1, -0.05) is 24.4 Å². The number of benzene rings is 1. The molecule has 0 saturated carbocycles. The number of carbonyl (C=O) groups is 1. The molecular weight excluding hydrogens is 302 g/mol. The second-order valence-corrected chi connectivity index (χ2v) is 4.86. The van der Waals surface area contributed by atoms with E-state index >= 15 is 0 Å². The minimum Gasteiger partial charge on any atom is -0.434 e. The number of rotatable bonds is 4. The Bertz CT molecular complexity index is 542. The Morgan fingerprint density at radius 2 is 2.19 bits per heavy atom. The SMILES string of the molecule is NC(=S)C1CN(C(=O)c2ccccc2OC(F)F)CCO1. The first-order valence-corrected chi connectivity index (χ1v) is 6.64. The molecule has 2 rings (SSSR count). The van der Waals surface area contributed by atoms with Crippen molar-refractivity contribution in [2.24, 2.45) is 5.73 Å². The van der Waals surface area contributed by atoms with Crippen LogP contribution in [0.1, 0.15) is 10.4 Å².